The first-order chi connectivity index (χ1) is 11.8. The molecular formula is C19H34F5O. The lowest BCUT2D eigenvalue weighted by atomic mass is 10.1. The molecule has 0 unspecified atom stereocenters. The molecule has 0 fully saturated rings. The van der Waals surface area contributed by atoms with Crippen LogP contribution in [0.5, 0.6) is 0 Å². The molecule has 0 aliphatic carbocycles. The molecule has 0 saturated heterocycles. The fourth-order valence-electron chi connectivity index (χ4n) is 2.59. The molecule has 0 aliphatic heterocycles. The first kappa shape index (κ1) is 24.6. The Morgan fingerprint density at radius 1 is 0.560 bits per heavy atom. The molecule has 0 aromatic rings. The summed E-state index contributed by atoms with van der Waals surface area (Å²) in [5.74, 6) is -4.56. The van der Waals surface area contributed by atoms with Crippen LogP contribution in [-0.4, -0.2) is 25.3 Å². The molecule has 1 nitrogen and oxygen atoms in total. The van der Waals surface area contributed by atoms with E-state index in [2.05, 4.69) is 6.92 Å². The Morgan fingerprint density at radius 3 is 1.40 bits per heavy atom. The number of unbranched alkanes of at least 4 members (excludes halogenated alkanes) is 11. The zero-order chi connectivity index (χ0) is 19.0. The summed E-state index contributed by atoms with van der Waals surface area (Å²) in [7, 11) is 0. The molecular weight excluding hydrogens is 339 g/mol. The fraction of sp³-hybridized carbons (Fsp3) is 0.947. The average molecular weight is 373 g/mol. The summed E-state index contributed by atoms with van der Waals surface area (Å²) in [5.41, 5.74) is 0. The lowest BCUT2D eigenvalue weighted by Gasteiger charge is -2.19. The number of halogens is 5. The van der Waals surface area contributed by atoms with Gasteiger partial charge in [-0.3, -0.25) is 0 Å². The van der Waals surface area contributed by atoms with Crippen LogP contribution in [0.15, 0.2) is 0 Å². The van der Waals surface area contributed by atoms with E-state index in [1.165, 1.54) is 38.5 Å². The van der Waals surface area contributed by atoms with Crippen LogP contribution in [0, 0.1) is 6.92 Å². The second kappa shape index (κ2) is 14.7. The number of hydrogen-bond acceptors (Lipinski definition) is 1. The molecule has 6 heteroatoms. The Morgan fingerprint density at radius 2 is 0.960 bits per heavy atom. The zero-order valence-electron chi connectivity index (χ0n) is 15.3. The molecule has 0 aromatic heterocycles. The summed E-state index contributed by atoms with van der Waals surface area (Å²) in [5, 5.41) is 0. The Hall–Kier alpha value is -0.390. The van der Waals surface area contributed by atoms with Gasteiger partial charge in [0, 0.05) is 19.6 Å². The first-order valence-electron chi connectivity index (χ1n) is 9.63. The van der Waals surface area contributed by atoms with Gasteiger partial charge >= 0.3 is 12.1 Å². The van der Waals surface area contributed by atoms with Gasteiger partial charge in [0.15, 0.2) is 0 Å². The molecule has 25 heavy (non-hydrogen) atoms. The quantitative estimate of drug-likeness (QED) is 0.189. The van der Waals surface area contributed by atoms with E-state index in [9.17, 15) is 22.0 Å². The molecule has 0 spiro atoms. The normalized spacial score (nSPS) is 12.7. The van der Waals surface area contributed by atoms with Crippen LogP contribution in [-0.2, 0) is 4.74 Å². The maximum atomic E-state index is 12.7. The van der Waals surface area contributed by atoms with Crippen molar-refractivity contribution < 1.29 is 26.7 Å². The van der Waals surface area contributed by atoms with Crippen molar-refractivity contribution in [3.63, 3.8) is 0 Å². The predicted molar refractivity (Wildman–Crippen MR) is 91.8 cm³/mol. The van der Waals surface area contributed by atoms with Crippen molar-refractivity contribution in [1.82, 2.24) is 0 Å². The van der Waals surface area contributed by atoms with Gasteiger partial charge in [-0.15, -0.1) is 0 Å². The molecule has 1 radical (unpaired) electrons. The Labute approximate surface area is 149 Å². The summed E-state index contributed by atoms with van der Waals surface area (Å²) >= 11 is 0. The molecule has 0 bridgehead atoms. The molecule has 0 rings (SSSR count). The average Bonchev–Trinajstić information content (AvgIpc) is 2.53. The third-order valence-corrected chi connectivity index (χ3v) is 4.23. The van der Waals surface area contributed by atoms with Gasteiger partial charge in [-0.2, -0.15) is 22.0 Å². The van der Waals surface area contributed by atoms with Gasteiger partial charge in [-0.05, 0) is 19.3 Å². The van der Waals surface area contributed by atoms with Crippen LogP contribution in [0.25, 0.3) is 0 Å². The zero-order valence-corrected chi connectivity index (χ0v) is 15.3. The SMILES string of the molecule is [CH2]CCCCCCCCCCOCCCCCCC(F)(F)C(F)(F)F. The third-order valence-electron chi connectivity index (χ3n) is 4.23. The van der Waals surface area contributed by atoms with Crippen LogP contribution < -0.4 is 0 Å². The van der Waals surface area contributed by atoms with Gasteiger partial charge in [0.05, 0.1) is 0 Å². The highest BCUT2D eigenvalue weighted by molar-refractivity contribution is 4.75. The summed E-state index contributed by atoms with van der Waals surface area (Å²) in [4.78, 5) is 0. The van der Waals surface area contributed by atoms with Crippen molar-refractivity contribution in [3.05, 3.63) is 6.92 Å². The largest absolute Gasteiger partial charge is 0.453 e. The van der Waals surface area contributed by atoms with Crippen molar-refractivity contribution in [2.75, 3.05) is 13.2 Å². The van der Waals surface area contributed by atoms with Crippen LogP contribution in [0.2, 0.25) is 0 Å². The minimum atomic E-state index is -5.43. The molecule has 0 N–H and O–H groups in total. The lowest BCUT2D eigenvalue weighted by Crippen LogP contribution is -2.36. The first-order valence-corrected chi connectivity index (χ1v) is 9.63. The smallest absolute Gasteiger partial charge is 0.381 e. The number of rotatable bonds is 17. The second-order valence-corrected chi connectivity index (χ2v) is 6.66. The van der Waals surface area contributed by atoms with Gasteiger partial charge in [0.2, 0.25) is 0 Å². The van der Waals surface area contributed by atoms with Gasteiger partial charge in [-0.25, -0.2) is 0 Å². The fourth-order valence-corrected chi connectivity index (χ4v) is 2.59. The van der Waals surface area contributed by atoms with Crippen molar-refractivity contribution in [2.45, 2.75) is 102 Å². The van der Waals surface area contributed by atoms with Crippen molar-refractivity contribution in [2.24, 2.45) is 0 Å². The molecule has 0 heterocycles. The molecule has 0 aromatic carbocycles. The van der Waals surface area contributed by atoms with E-state index in [4.69, 9.17) is 4.74 Å². The van der Waals surface area contributed by atoms with E-state index in [-0.39, 0.29) is 6.42 Å². The van der Waals surface area contributed by atoms with Crippen LogP contribution in [0.1, 0.15) is 89.9 Å². The number of alkyl halides is 5. The lowest BCUT2D eigenvalue weighted by molar-refractivity contribution is -0.284. The Kier molecular flexibility index (Phi) is 14.5. The molecule has 0 atom stereocenters. The number of ether oxygens (including phenoxy) is 1. The minimum Gasteiger partial charge on any atom is -0.381 e. The monoisotopic (exact) mass is 373 g/mol. The molecule has 0 aliphatic rings. The van der Waals surface area contributed by atoms with Gasteiger partial charge in [0.1, 0.15) is 0 Å². The van der Waals surface area contributed by atoms with Crippen molar-refractivity contribution >= 4 is 0 Å². The summed E-state index contributed by atoms with van der Waals surface area (Å²) in [6, 6.07) is 0. The van der Waals surface area contributed by atoms with Crippen LogP contribution in [0.3, 0.4) is 0 Å². The van der Waals surface area contributed by atoms with E-state index >= 15 is 0 Å². The van der Waals surface area contributed by atoms with E-state index < -0.39 is 18.5 Å². The topological polar surface area (TPSA) is 9.23 Å². The van der Waals surface area contributed by atoms with Crippen molar-refractivity contribution in [3.8, 4) is 0 Å². The van der Waals surface area contributed by atoms with Gasteiger partial charge < -0.3 is 4.74 Å². The van der Waals surface area contributed by atoms with Gasteiger partial charge in [-0.1, -0.05) is 71.1 Å². The van der Waals surface area contributed by atoms with E-state index in [1.807, 2.05) is 0 Å². The summed E-state index contributed by atoms with van der Waals surface area (Å²) < 4.78 is 66.6. The highest BCUT2D eigenvalue weighted by Crippen LogP contribution is 2.39. The highest BCUT2D eigenvalue weighted by Gasteiger charge is 2.56. The van der Waals surface area contributed by atoms with E-state index in [0.717, 1.165) is 19.3 Å². The Balaban J connectivity index is 3.22. The predicted octanol–water partition coefficient (Wildman–Crippen LogP) is 7.50. The maximum Gasteiger partial charge on any atom is 0.453 e. The Bertz CT molecular complexity index is 292. The minimum absolute atomic E-state index is 0.110. The third kappa shape index (κ3) is 14.5. The van der Waals surface area contributed by atoms with Crippen LogP contribution in [0.4, 0.5) is 22.0 Å². The van der Waals surface area contributed by atoms with E-state index in [0.29, 0.717) is 32.5 Å². The maximum absolute atomic E-state index is 12.7. The molecule has 151 valence electrons. The molecule has 0 saturated carbocycles. The van der Waals surface area contributed by atoms with Crippen LogP contribution >= 0.6 is 0 Å². The second-order valence-electron chi connectivity index (χ2n) is 6.66. The van der Waals surface area contributed by atoms with Gasteiger partial charge in [0.25, 0.3) is 0 Å². The highest BCUT2D eigenvalue weighted by atomic mass is 19.4. The molecule has 0 amide bonds. The summed E-state index contributed by atoms with van der Waals surface area (Å²) in [6.45, 7) is 5.08. The summed E-state index contributed by atoms with van der Waals surface area (Å²) in [6.07, 6.45) is 5.83. The van der Waals surface area contributed by atoms with E-state index in [1.54, 1.807) is 0 Å². The van der Waals surface area contributed by atoms with Crippen molar-refractivity contribution in [1.29, 1.82) is 0 Å². The number of hydrogen-bond donors (Lipinski definition) is 0. The standard InChI is InChI=1S/C19H34F5O/c1-2-3-4-5-6-7-8-10-13-16-25-17-14-11-9-12-15-18(20,21)19(22,23)24/h1-17H2.